The van der Waals surface area contributed by atoms with Gasteiger partial charge in [0, 0.05) is 17.7 Å². The maximum Gasteiger partial charge on any atom is 0.269 e. The van der Waals surface area contributed by atoms with Gasteiger partial charge in [0.25, 0.3) is 11.6 Å². The normalized spacial score (nSPS) is 11.5. The van der Waals surface area contributed by atoms with Gasteiger partial charge in [-0.25, -0.2) is 4.39 Å². The molecular weight excluding hydrogens is 337 g/mol. The molecule has 0 unspecified atom stereocenters. The lowest BCUT2D eigenvalue weighted by Crippen LogP contribution is -1.86. The summed E-state index contributed by atoms with van der Waals surface area (Å²) in [7, 11) is 0. The van der Waals surface area contributed by atoms with Crippen molar-refractivity contribution in [3.05, 3.63) is 75.9 Å². The van der Waals surface area contributed by atoms with Crippen LogP contribution in [0.2, 0.25) is 0 Å². The second-order valence-corrected chi connectivity index (χ2v) is 5.17. The van der Waals surface area contributed by atoms with Gasteiger partial charge in [-0.15, -0.1) is 10.2 Å². The number of hydrogen-bond donors (Lipinski definition) is 0. The number of hydrogen-bond acceptors (Lipinski definition) is 5. The van der Waals surface area contributed by atoms with Crippen molar-refractivity contribution in [1.82, 2.24) is 10.2 Å². The Morgan fingerprint density at radius 3 is 2.42 bits per heavy atom. The molecule has 0 fully saturated rings. The van der Waals surface area contributed by atoms with Crippen molar-refractivity contribution in [2.24, 2.45) is 0 Å². The molecule has 6 nitrogen and oxygen atoms in total. The number of nitro benzene ring substituents is 1. The van der Waals surface area contributed by atoms with Crippen LogP contribution in [0.4, 0.5) is 10.1 Å². The van der Waals surface area contributed by atoms with Crippen LogP contribution in [0.15, 0.2) is 52.9 Å². The fourth-order valence-corrected chi connectivity index (χ4v) is 2.13. The van der Waals surface area contributed by atoms with Crippen LogP contribution in [0.5, 0.6) is 0 Å². The summed E-state index contributed by atoms with van der Waals surface area (Å²) in [5.41, 5.74) is 1.20. The Kier molecular flexibility index (Phi) is 4.35. The van der Waals surface area contributed by atoms with Gasteiger partial charge in [0.2, 0.25) is 5.89 Å². The lowest BCUT2D eigenvalue weighted by atomic mass is 10.2. The highest BCUT2D eigenvalue weighted by molar-refractivity contribution is 6.50. The number of nitrogens with zero attached hydrogens (tertiary/aromatic N) is 3. The Balaban J connectivity index is 1.83. The van der Waals surface area contributed by atoms with Gasteiger partial charge in [-0.3, -0.25) is 10.1 Å². The molecule has 0 radical (unpaired) electrons. The standard InChI is InChI=1S/C16H9ClFN3O3/c17-14(9-10-1-7-13(8-2-10)21(22)23)16-20-19-15(24-16)11-3-5-12(18)6-4-11/h1-9H/b14-9+. The van der Waals surface area contributed by atoms with Crippen molar-refractivity contribution in [3.63, 3.8) is 0 Å². The lowest BCUT2D eigenvalue weighted by molar-refractivity contribution is -0.384. The molecule has 0 saturated heterocycles. The summed E-state index contributed by atoms with van der Waals surface area (Å²) in [5, 5.41) is 18.5. The van der Waals surface area contributed by atoms with Crippen molar-refractivity contribution >= 4 is 28.4 Å². The number of nitro groups is 1. The van der Waals surface area contributed by atoms with E-state index < -0.39 is 4.92 Å². The molecule has 0 atom stereocenters. The number of benzene rings is 2. The first-order valence-electron chi connectivity index (χ1n) is 6.74. The van der Waals surface area contributed by atoms with Gasteiger partial charge in [-0.2, -0.15) is 0 Å². The Bertz CT molecular complexity index is 905. The van der Waals surface area contributed by atoms with Crippen LogP contribution in [0.1, 0.15) is 11.5 Å². The minimum atomic E-state index is -0.484. The van der Waals surface area contributed by atoms with Crippen LogP contribution >= 0.6 is 11.6 Å². The van der Waals surface area contributed by atoms with E-state index >= 15 is 0 Å². The molecule has 3 rings (SSSR count). The Labute approximate surface area is 140 Å². The van der Waals surface area contributed by atoms with E-state index in [0.29, 0.717) is 11.1 Å². The zero-order valence-corrected chi connectivity index (χ0v) is 12.8. The topological polar surface area (TPSA) is 82.1 Å². The van der Waals surface area contributed by atoms with Crippen molar-refractivity contribution < 1.29 is 13.7 Å². The highest BCUT2D eigenvalue weighted by Gasteiger charge is 2.12. The van der Waals surface area contributed by atoms with Crippen molar-refractivity contribution in [3.8, 4) is 11.5 Å². The molecule has 0 saturated carbocycles. The third-order valence-electron chi connectivity index (χ3n) is 3.12. The van der Waals surface area contributed by atoms with Gasteiger partial charge in [-0.1, -0.05) is 11.6 Å². The van der Waals surface area contributed by atoms with Crippen LogP contribution in [0.3, 0.4) is 0 Å². The van der Waals surface area contributed by atoms with Crippen molar-refractivity contribution in [2.45, 2.75) is 0 Å². The van der Waals surface area contributed by atoms with E-state index in [0.717, 1.165) is 0 Å². The van der Waals surface area contributed by atoms with Crippen molar-refractivity contribution in [1.29, 1.82) is 0 Å². The third kappa shape index (κ3) is 3.47. The van der Waals surface area contributed by atoms with E-state index in [1.165, 1.54) is 36.4 Å². The summed E-state index contributed by atoms with van der Waals surface area (Å²) in [6.07, 6.45) is 1.55. The molecule has 0 aliphatic carbocycles. The second-order valence-electron chi connectivity index (χ2n) is 4.76. The summed E-state index contributed by atoms with van der Waals surface area (Å²) in [6.45, 7) is 0. The molecule has 120 valence electrons. The molecule has 3 aromatic rings. The van der Waals surface area contributed by atoms with Crippen LogP contribution in [-0.2, 0) is 0 Å². The van der Waals surface area contributed by atoms with Gasteiger partial charge in [0.1, 0.15) is 10.8 Å². The molecule has 0 bridgehead atoms. The summed E-state index contributed by atoms with van der Waals surface area (Å²) in [4.78, 5) is 10.1. The van der Waals surface area contributed by atoms with Crippen molar-refractivity contribution in [2.75, 3.05) is 0 Å². The Hall–Kier alpha value is -3.06. The first-order valence-corrected chi connectivity index (χ1v) is 7.12. The van der Waals surface area contributed by atoms with E-state index in [1.807, 2.05) is 0 Å². The van der Waals surface area contributed by atoms with Crippen LogP contribution in [-0.4, -0.2) is 15.1 Å². The van der Waals surface area contributed by atoms with E-state index in [-0.39, 0.29) is 28.3 Å². The average Bonchev–Trinajstić information content (AvgIpc) is 3.06. The minimum absolute atomic E-state index is 0.0142. The fraction of sp³-hybridized carbons (Fsp3) is 0. The number of rotatable bonds is 4. The molecule has 24 heavy (non-hydrogen) atoms. The third-order valence-corrected chi connectivity index (χ3v) is 3.39. The monoisotopic (exact) mass is 345 g/mol. The van der Waals surface area contributed by atoms with E-state index in [2.05, 4.69) is 10.2 Å². The molecule has 8 heteroatoms. The van der Waals surface area contributed by atoms with Gasteiger partial charge < -0.3 is 4.42 Å². The zero-order valence-electron chi connectivity index (χ0n) is 12.0. The molecule has 1 aromatic heterocycles. The van der Waals surface area contributed by atoms with Crippen LogP contribution < -0.4 is 0 Å². The first-order chi connectivity index (χ1) is 11.5. The molecule has 0 aliphatic rings. The molecule has 1 heterocycles. The molecule has 2 aromatic carbocycles. The maximum absolute atomic E-state index is 12.9. The summed E-state index contributed by atoms with van der Waals surface area (Å²) >= 11 is 6.14. The molecule has 0 spiro atoms. The van der Waals surface area contributed by atoms with E-state index in [1.54, 1.807) is 18.2 Å². The number of non-ortho nitro benzene ring substituents is 1. The summed E-state index contributed by atoms with van der Waals surface area (Å²) in [5.74, 6) is -0.0656. The Morgan fingerprint density at radius 2 is 1.79 bits per heavy atom. The molecule has 0 amide bonds. The maximum atomic E-state index is 12.9. The lowest BCUT2D eigenvalue weighted by Gasteiger charge is -1.96. The van der Waals surface area contributed by atoms with Gasteiger partial charge >= 0.3 is 0 Å². The fourth-order valence-electron chi connectivity index (χ4n) is 1.93. The number of aromatic nitrogens is 2. The minimum Gasteiger partial charge on any atom is -0.415 e. The van der Waals surface area contributed by atoms with Gasteiger partial charge in [-0.05, 0) is 48.0 Å². The smallest absolute Gasteiger partial charge is 0.269 e. The quantitative estimate of drug-likeness (QED) is 0.513. The highest BCUT2D eigenvalue weighted by Crippen LogP contribution is 2.25. The van der Waals surface area contributed by atoms with Crippen LogP contribution in [0, 0.1) is 15.9 Å². The number of halogens is 2. The van der Waals surface area contributed by atoms with E-state index in [9.17, 15) is 14.5 Å². The average molecular weight is 346 g/mol. The van der Waals surface area contributed by atoms with Gasteiger partial charge in [0.05, 0.1) is 4.92 Å². The molecule has 0 aliphatic heterocycles. The first kappa shape index (κ1) is 15.8. The predicted octanol–water partition coefficient (Wildman–Crippen LogP) is 4.52. The SMILES string of the molecule is O=[N+]([O-])c1ccc(/C=C(/Cl)c2nnc(-c3ccc(F)cc3)o2)cc1. The van der Waals surface area contributed by atoms with Crippen LogP contribution in [0.25, 0.3) is 22.6 Å². The zero-order chi connectivity index (χ0) is 17.1. The second kappa shape index (κ2) is 6.59. The Morgan fingerprint density at radius 1 is 1.12 bits per heavy atom. The summed E-state index contributed by atoms with van der Waals surface area (Å²) in [6, 6.07) is 11.4. The largest absolute Gasteiger partial charge is 0.415 e. The highest BCUT2D eigenvalue weighted by atomic mass is 35.5. The van der Waals surface area contributed by atoms with Gasteiger partial charge in [0.15, 0.2) is 0 Å². The molecule has 0 N–H and O–H groups in total. The summed E-state index contributed by atoms with van der Waals surface area (Å²) < 4.78 is 18.4. The molecular formula is C16H9ClFN3O3. The van der Waals surface area contributed by atoms with E-state index in [4.69, 9.17) is 16.0 Å². The predicted molar refractivity (Wildman–Crippen MR) is 86.5 cm³/mol.